The van der Waals surface area contributed by atoms with E-state index >= 15 is 0 Å². The molecular formula is C25H34O4. The Balaban J connectivity index is 1.65. The Bertz CT molecular complexity index is 778. The smallest absolute Gasteiger partial charge is 0.338 e. The second kappa shape index (κ2) is 11.5. The third kappa shape index (κ3) is 7.80. The minimum absolute atomic E-state index is 0.0750. The van der Waals surface area contributed by atoms with Gasteiger partial charge in [-0.25, -0.2) is 4.79 Å². The minimum atomic E-state index is -0.516. The molecule has 4 nitrogen and oxygen atoms in total. The molecule has 0 amide bonds. The van der Waals surface area contributed by atoms with Crippen molar-refractivity contribution < 1.29 is 19.1 Å². The van der Waals surface area contributed by atoms with Crippen LogP contribution in [0, 0.1) is 5.92 Å². The summed E-state index contributed by atoms with van der Waals surface area (Å²) in [6, 6.07) is 2.03. The van der Waals surface area contributed by atoms with Crippen LogP contribution in [0.2, 0.25) is 0 Å². The van der Waals surface area contributed by atoms with Crippen LogP contribution in [0.5, 0.6) is 0 Å². The molecule has 0 aromatic carbocycles. The Hall–Kier alpha value is -2.49. The van der Waals surface area contributed by atoms with E-state index in [2.05, 4.69) is 38.2 Å². The average Bonchev–Trinajstić information content (AvgIpc) is 3.27. The van der Waals surface area contributed by atoms with E-state index in [1.54, 1.807) is 13.2 Å². The van der Waals surface area contributed by atoms with Gasteiger partial charge in [0, 0.05) is 6.42 Å². The fourth-order valence-corrected chi connectivity index (χ4v) is 3.32. The van der Waals surface area contributed by atoms with Crippen LogP contribution in [0.15, 0.2) is 69.8 Å². The number of allylic oxidation sites excluding steroid dienone is 5. The van der Waals surface area contributed by atoms with Crippen molar-refractivity contribution in [1.29, 1.82) is 0 Å². The van der Waals surface area contributed by atoms with E-state index in [1.165, 1.54) is 11.1 Å². The lowest BCUT2D eigenvalue weighted by molar-refractivity contribution is -0.140. The molecule has 0 bridgehead atoms. The molecular weight excluding hydrogens is 364 g/mol. The number of cyclic esters (lactones) is 1. The number of furan rings is 1. The van der Waals surface area contributed by atoms with Crippen molar-refractivity contribution in [3.63, 3.8) is 0 Å². The largest absolute Gasteiger partial charge is 0.508 e. The molecule has 0 saturated heterocycles. The number of aliphatic hydroxyl groups is 1. The monoisotopic (exact) mass is 398 g/mol. The van der Waals surface area contributed by atoms with Crippen molar-refractivity contribution >= 4 is 5.97 Å². The summed E-state index contributed by atoms with van der Waals surface area (Å²) >= 11 is 0. The number of hydrogen-bond acceptors (Lipinski definition) is 4. The highest BCUT2D eigenvalue weighted by atomic mass is 16.6. The number of hydrogen-bond donors (Lipinski definition) is 1. The first-order valence-electron chi connectivity index (χ1n) is 10.5. The Kier molecular flexibility index (Phi) is 9.04. The topological polar surface area (TPSA) is 59.7 Å². The first kappa shape index (κ1) is 22.8. The molecule has 0 fully saturated rings. The Morgan fingerprint density at radius 3 is 2.76 bits per heavy atom. The maximum absolute atomic E-state index is 11.5. The highest BCUT2D eigenvalue weighted by Crippen LogP contribution is 2.25. The van der Waals surface area contributed by atoms with Gasteiger partial charge in [-0.15, -0.1) is 0 Å². The van der Waals surface area contributed by atoms with E-state index in [-0.39, 0.29) is 5.76 Å². The van der Waals surface area contributed by atoms with Gasteiger partial charge >= 0.3 is 5.97 Å². The van der Waals surface area contributed by atoms with Crippen molar-refractivity contribution in [2.45, 2.75) is 72.3 Å². The Morgan fingerprint density at radius 2 is 2.10 bits per heavy atom. The van der Waals surface area contributed by atoms with Gasteiger partial charge in [-0.1, -0.05) is 42.4 Å². The van der Waals surface area contributed by atoms with E-state index in [0.29, 0.717) is 17.9 Å². The van der Waals surface area contributed by atoms with Gasteiger partial charge in [0.2, 0.25) is 0 Å². The zero-order valence-corrected chi connectivity index (χ0v) is 18.1. The van der Waals surface area contributed by atoms with E-state index in [9.17, 15) is 9.90 Å². The number of carbonyl (C=O) groups is 1. The summed E-state index contributed by atoms with van der Waals surface area (Å²) < 4.78 is 10.3. The van der Waals surface area contributed by atoms with Crippen molar-refractivity contribution in [1.82, 2.24) is 0 Å². The molecule has 2 heterocycles. The maximum Gasteiger partial charge on any atom is 0.338 e. The molecule has 2 unspecified atom stereocenters. The maximum atomic E-state index is 11.5. The number of ether oxygens (including phenoxy) is 1. The van der Waals surface area contributed by atoms with Gasteiger partial charge in [-0.2, -0.15) is 0 Å². The van der Waals surface area contributed by atoms with Gasteiger partial charge in [-0.3, -0.25) is 0 Å². The number of aliphatic hydroxyl groups excluding tert-OH is 1. The number of carbonyl (C=O) groups excluding carboxylic acids is 1. The van der Waals surface area contributed by atoms with Crippen molar-refractivity contribution in [3.05, 3.63) is 70.9 Å². The third-order valence-electron chi connectivity index (χ3n) is 5.30. The average molecular weight is 399 g/mol. The summed E-state index contributed by atoms with van der Waals surface area (Å²) in [5.74, 6) is 0.156. The Labute approximate surface area is 174 Å². The zero-order chi connectivity index (χ0) is 21.2. The fourth-order valence-electron chi connectivity index (χ4n) is 3.32. The van der Waals surface area contributed by atoms with Gasteiger partial charge in [0.1, 0.15) is 5.76 Å². The van der Waals surface area contributed by atoms with Gasteiger partial charge < -0.3 is 14.3 Å². The highest BCUT2D eigenvalue weighted by molar-refractivity contribution is 5.91. The summed E-state index contributed by atoms with van der Waals surface area (Å²) in [5, 5.41) is 9.92. The van der Waals surface area contributed by atoms with Crippen LogP contribution >= 0.6 is 0 Å². The van der Waals surface area contributed by atoms with Crippen LogP contribution in [0.25, 0.3) is 0 Å². The molecule has 1 aliphatic heterocycles. The van der Waals surface area contributed by atoms with Gasteiger partial charge in [-0.05, 0) is 70.4 Å². The molecule has 1 aromatic heterocycles. The van der Waals surface area contributed by atoms with Crippen molar-refractivity contribution in [3.8, 4) is 0 Å². The molecule has 0 radical (unpaired) electrons. The summed E-state index contributed by atoms with van der Waals surface area (Å²) in [6.07, 6.45) is 17.7. The molecule has 1 N–H and O–H groups in total. The van der Waals surface area contributed by atoms with E-state index < -0.39 is 12.1 Å². The first-order valence-corrected chi connectivity index (χ1v) is 10.5. The lowest BCUT2D eigenvalue weighted by Gasteiger charge is -2.11. The molecule has 1 aromatic rings. The van der Waals surface area contributed by atoms with Gasteiger partial charge in [0.05, 0.1) is 18.1 Å². The predicted octanol–water partition coefficient (Wildman–Crippen LogP) is 6.61. The van der Waals surface area contributed by atoms with Crippen molar-refractivity contribution in [2.75, 3.05) is 0 Å². The second-order valence-corrected chi connectivity index (χ2v) is 8.10. The summed E-state index contributed by atoms with van der Waals surface area (Å²) in [6.45, 7) is 8.02. The quantitative estimate of drug-likeness (QED) is 0.259. The molecule has 29 heavy (non-hydrogen) atoms. The number of rotatable bonds is 11. The molecule has 0 aliphatic carbocycles. The van der Waals surface area contributed by atoms with Crippen LogP contribution in [0.3, 0.4) is 0 Å². The standard InChI is InChI=1S/C25H34O4/c1-18(8-5-9-19(2)11-7-13-22-14-15-28-17-22)10-6-12-20(3)16-23-24(26)21(4)25(27)29-23/h5,8-9,12,14-15,17-18,23,26H,6-7,10-11,13,16H2,1-4H3/b8-5-,19-9-,20-12-. The van der Waals surface area contributed by atoms with Crippen LogP contribution in [-0.4, -0.2) is 17.2 Å². The SMILES string of the molecule is CC1=C(O)C(C/C(C)=C\CCC(C)/C=C\C=C(\C)CCCc2ccoc2)OC1=O. The molecule has 2 rings (SSSR count). The molecule has 0 saturated carbocycles. The summed E-state index contributed by atoms with van der Waals surface area (Å²) in [4.78, 5) is 11.5. The third-order valence-corrected chi connectivity index (χ3v) is 5.30. The summed E-state index contributed by atoms with van der Waals surface area (Å²) in [5.41, 5.74) is 4.11. The molecule has 0 spiro atoms. The molecule has 158 valence electrons. The fraction of sp³-hybridized carbons (Fsp3) is 0.480. The normalized spacial score (nSPS) is 19.3. The molecule has 2 atom stereocenters. The lowest BCUT2D eigenvalue weighted by atomic mass is 10.0. The summed E-state index contributed by atoms with van der Waals surface area (Å²) in [7, 11) is 0. The van der Waals surface area contributed by atoms with Crippen molar-refractivity contribution in [2.24, 2.45) is 5.92 Å². The van der Waals surface area contributed by atoms with Gasteiger partial charge in [0.15, 0.2) is 6.10 Å². The first-order chi connectivity index (χ1) is 13.9. The van der Waals surface area contributed by atoms with Crippen LogP contribution in [0.4, 0.5) is 0 Å². The van der Waals surface area contributed by atoms with E-state index in [4.69, 9.17) is 9.15 Å². The second-order valence-electron chi connectivity index (χ2n) is 8.10. The molecule has 4 heteroatoms. The van der Waals surface area contributed by atoms with Crippen LogP contribution in [0.1, 0.15) is 65.4 Å². The Morgan fingerprint density at radius 1 is 1.31 bits per heavy atom. The van der Waals surface area contributed by atoms with Gasteiger partial charge in [0.25, 0.3) is 0 Å². The number of aryl methyl sites for hydroxylation is 1. The van der Waals surface area contributed by atoms with Crippen LogP contribution < -0.4 is 0 Å². The van der Waals surface area contributed by atoms with E-state index in [1.807, 2.05) is 19.3 Å². The van der Waals surface area contributed by atoms with E-state index in [0.717, 1.165) is 37.7 Å². The lowest BCUT2D eigenvalue weighted by Crippen LogP contribution is -2.12. The predicted molar refractivity (Wildman–Crippen MR) is 117 cm³/mol. The van der Waals surface area contributed by atoms with Crippen LogP contribution in [-0.2, 0) is 16.0 Å². The highest BCUT2D eigenvalue weighted by Gasteiger charge is 2.31. The molecule has 1 aliphatic rings. The number of esters is 1. The minimum Gasteiger partial charge on any atom is -0.508 e. The zero-order valence-electron chi connectivity index (χ0n) is 18.1.